The fourth-order valence-corrected chi connectivity index (χ4v) is 9.20. The van der Waals surface area contributed by atoms with Crippen molar-refractivity contribution in [1.82, 2.24) is 5.32 Å². The van der Waals surface area contributed by atoms with E-state index in [1.54, 1.807) is 7.11 Å². The van der Waals surface area contributed by atoms with E-state index in [1.165, 1.54) is 0 Å². The molecule has 2 fully saturated rings. The third-order valence-electron chi connectivity index (χ3n) is 13.0. The van der Waals surface area contributed by atoms with E-state index >= 15 is 0 Å². The number of hydrogen-bond acceptors (Lipinski definition) is 10. The molecule has 10 atom stereocenters. The molecule has 2 aliphatic heterocycles. The molecular formula is C63H65NO9. The number of methoxy groups -OCH3 is 1. The summed E-state index contributed by atoms with van der Waals surface area (Å²) in [5, 5.41) is 3.87. The summed E-state index contributed by atoms with van der Waals surface area (Å²) >= 11 is 0. The van der Waals surface area contributed by atoms with E-state index in [4.69, 9.17) is 42.6 Å². The van der Waals surface area contributed by atoms with Gasteiger partial charge in [-0.15, -0.1) is 0 Å². The molecule has 73 heavy (non-hydrogen) atoms. The zero-order chi connectivity index (χ0) is 49.7. The predicted molar refractivity (Wildman–Crippen MR) is 280 cm³/mol. The molecule has 0 saturated carbocycles. The molecule has 9 rings (SSSR count). The highest BCUT2D eigenvalue weighted by Crippen LogP contribution is 2.32. The molecule has 0 aliphatic carbocycles. The maximum atomic E-state index is 7.07. The molecule has 0 amide bonds. The molecule has 10 heteroatoms. The van der Waals surface area contributed by atoms with Gasteiger partial charge in [-0.2, -0.15) is 0 Å². The van der Waals surface area contributed by atoms with Crippen LogP contribution in [0.25, 0.3) is 0 Å². The molecule has 0 radical (unpaired) electrons. The zero-order valence-corrected chi connectivity index (χ0v) is 41.3. The second-order valence-electron chi connectivity index (χ2n) is 18.3. The number of piperidine rings is 1. The van der Waals surface area contributed by atoms with Gasteiger partial charge < -0.3 is 42.6 Å². The van der Waals surface area contributed by atoms with Crippen LogP contribution in [0.5, 0.6) is 0 Å². The highest BCUT2D eigenvalue weighted by atomic mass is 16.7. The van der Waals surface area contributed by atoms with E-state index in [2.05, 4.69) is 65.7 Å². The van der Waals surface area contributed by atoms with Gasteiger partial charge in [-0.05, 0) is 38.9 Å². The van der Waals surface area contributed by atoms with E-state index in [0.29, 0.717) is 46.2 Å². The van der Waals surface area contributed by atoms with E-state index in [9.17, 15) is 0 Å². The van der Waals surface area contributed by atoms with Crippen molar-refractivity contribution in [3.8, 4) is 11.8 Å². The quantitative estimate of drug-likeness (QED) is 0.0625. The molecular weight excluding hydrogens is 915 g/mol. The number of benzene rings is 7. The first-order chi connectivity index (χ1) is 36.2. The van der Waals surface area contributed by atoms with Crippen LogP contribution < -0.4 is 5.32 Å². The second kappa shape index (κ2) is 27.7. The normalized spacial score (nSPS) is 23.8. The van der Waals surface area contributed by atoms with Gasteiger partial charge in [0.15, 0.2) is 6.29 Å². The van der Waals surface area contributed by atoms with Crippen LogP contribution in [-0.4, -0.2) is 74.8 Å². The molecule has 7 aromatic carbocycles. The van der Waals surface area contributed by atoms with Crippen LogP contribution in [0.15, 0.2) is 212 Å². The first kappa shape index (κ1) is 51.6. The maximum absolute atomic E-state index is 7.07. The second-order valence-corrected chi connectivity index (χ2v) is 18.3. The van der Waals surface area contributed by atoms with Crippen LogP contribution in [0.1, 0.15) is 38.9 Å². The highest BCUT2D eigenvalue weighted by molar-refractivity contribution is 5.24. The van der Waals surface area contributed by atoms with Crippen LogP contribution in [0.3, 0.4) is 0 Å². The van der Waals surface area contributed by atoms with Gasteiger partial charge in [0.1, 0.15) is 42.7 Å². The third kappa shape index (κ3) is 15.1. The Kier molecular flexibility index (Phi) is 19.6. The van der Waals surface area contributed by atoms with Gasteiger partial charge in [0.05, 0.1) is 64.9 Å². The molecule has 2 heterocycles. The van der Waals surface area contributed by atoms with E-state index < -0.39 is 55.1 Å². The molecule has 376 valence electrons. The fraction of sp³-hybridized carbons (Fsp3) is 0.302. The lowest BCUT2D eigenvalue weighted by molar-refractivity contribution is -0.307. The van der Waals surface area contributed by atoms with Gasteiger partial charge in [0.25, 0.3) is 0 Å². The Bertz CT molecular complexity index is 2680. The van der Waals surface area contributed by atoms with Crippen molar-refractivity contribution in [2.45, 2.75) is 107 Å². The lowest BCUT2D eigenvalue weighted by Crippen LogP contribution is -2.67. The summed E-state index contributed by atoms with van der Waals surface area (Å²) in [5.41, 5.74) is 7.14. The van der Waals surface area contributed by atoms with Gasteiger partial charge in [0, 0.05) is 7.11 Å². The van der Waals surface area contributed by atoms with Crippen LogP contribution in [0.2, 0.25) is 0 Å². The van der Waals surface area contributed by atoms with Crippen LogP contribution >= 0.6 is 0 Å². The van der Waals surface area contributed by atoms with E-state index in [1.807, 2.05) is 164 Å². The summed E-state index contributed by atoms with van der Waals surface area (Å²) in [6, 6.07) is 69.9. The van der Waals surface area contributed by atoms with Gasteiger partial charge in [0.2, 0.25) is 0 Å². The minimum atomic E-state index is -0.860. The van der Waals surface area contributed by atoms with E-state index in [0.717, 1.165) is 38.9 Å². The Morgan fingerprint density at radius 3 is 1.05 bits per heavy atom. The Labute approximate surface area is 430 Å². The molecule has 2 saturated heterocycles. The first-order valence-electron chi connectivity index (χ1n) is 25.2. The molecule has 7 aromatic rings. The Balaban J connectivity index is 1.09. The topological polar surface area (TPSA) is 95.1 Å². The molecule has 2 aliphatic rings. The van der Waals surface area contributed by atoms with Crippen molar-refractivity contribution in [2.75, 3.05) is 13.7 Å². The maximum Gasteiger partial charge on any atom is 0.187 e. The van der Waals surface area contributed by atoms with Gasteiger partial charge in [-0.25, -0.2) is 0 Å². The third-order valence-corrected chi connectivity index (χ3v) is 13.0. The van der Waals surface area contributed by atoms with Crippen molar-refractivity contribution < 1.29 is 42.6 Å². The summed E-state index contributed by atoms with van der Waals surface area (Å²) in [7, 11) is 1.62. The highest BCUT2D eigenvalue weighted by Gasteiger charge is 2.50. The zero-order valence-electron chi connectivity index (χ0n) is 41.3. The lowest BCUT2D eigenvalue weighted by Gasteiger charge is -2.46. The SMILES string of the molecule is CO[C@H]1O[C@H](C#C[C@@H]2N[C@H](COCc3ccccc3)[C@@H](OCc3ccccc3)[C@H](OCc3ccccc3)[C@@H]2OCc2ccccc2)[C@@H](OCc2ccccc2)[C@H](OCc2ccccc2)[C@H]1OCc1ccccc1. The number of hydrogen-bond donors (Lipinski definition) is 1. The van der Waals surface area contributed by atoms with Gasteiger partial charge >= 0.3 is 0 Å². The van der Waals surface area contributed by atoms with Crippen LogP contribution in [0.4, 0.5) is 0 Å². The number of nitrogens with one attached hydrogen (secondary N) is 1. The Morgan fingerprint density at radius 2 is 0.671 bits per heavy atom. The summed E-state index contributed by atoms with van der Waals surface area (Å²) in [6.45, 7) is 2.57. The van der Waals surface area contributed by atoms with Crippen molar-refractivity contribution in [2.24, 2.45) is 0 Å². The summed E-state index contributed by atoms with van der Waals surface area (Å²) < 4.78 is 61.3. The summed E-state index contributed by atoms with van der Waals surface area (Å²) in [5.74, 6) is 7.21. The number of ether oxygens (including phenoxy) is 9. The average molecular weight is 980 g/mol. The smallest absolute Gasteiger partial charge is 0.187 e. The van der Waals surface area contributed by atoms with Gasteiger partial charge in [-0.1, -0.05) is 224 Å². The monoisotopic (exact) mass is 979 g/mol. The summed E-state index contributed by atoms with van der Waals surface area (Å²) in [4.78, 5) is 0. The minimum Gasteiger partial charge on any atom is -0.375 e. The van der Waals surface area contributed by atoms with Crippen molar-refractivity contribution >= 4 is 0 Å². The molecule has 1 N–H and O–H groups in total. The first-order valence-corrected chi connectivity index (χ1v) is 25.2. The molecule has 0 spiro atoms. The largest absolute Gasteiger partial charge is 0.375 e. The van der Waals surface area contributed by atoms with Crippen molar-refractivity contribution in [3.05, 3.63) is 251 Å². The van der Waals surface area contributed by atoms with Crippen molar-refractivity contribution in [3.63, 3.8) is 0 Å². The lowest BCUT2D eigenvalue weighted by atomic mass is 9.89. The van der Waals surface area contributed by atoms with Crippen LogP contribution in [-0.2, 0) is 88.9 Å². The standard InChI is InChI=1S/C63H65NO9/c1-65-63-62(72-45-53-35-21-8-22-36-53)61(71-44-52-33-19-7-20-34-52)59(69-42-50-29-15-5-16-30-50)56(73-63)38-37-54-57(67-40-48-25-11-3-12-26-48)60(70-43-51-31-17-6-18-32-51)58(68-41-49-27-13-4-14-28-49)55(64-54)46-66-39-47-23-9-2-10-24-47/h2-36,54-64H,39-46H2,1H3/t54-,55+,56+,57+,58+,59+,60+,61-,62+,63-/m0/s1. The minimum absolute atomic E-state index is 0.280. The molecule has 0 aromatic heterocycles. The van der Waals surface area contributed by atoms with Crippen LogP contribution in [0, 0.1) is 11.8 Å². The molecule has 0 unspecified atom stereocenters. The summed E-state index contributed by atoms with van der Waals surface area (Å²) in [6.07, 6.45) is -5.57. The fourth-order valence-electron chi connectivity index (χ4n) is 9.20. The number of rotatable bonds is 23. The van der Waals surface area contributed by atoms with E-state index in [-0.39, 0.29) is 12.6 Å². The van der Waals surface area contributed by atoms with Crippen molar-refractivity contribution in [1.29, 1.82) is 0 Å². The molecule has 0 bridgehead atoms. The molecule has 10 nitrogen and oxygen atoms in total. The predicted octanol–water partition coefficient (Wildman–Crippen LogP) is 10.4. The van der Waals surface area contributed by atoms with Gasteiger partial charge in [-0.3, -0.25) is 5.32 Å². The average Bonchev–Trinajstić information content (AvgIpc) is 3.45. The Hall–Kier alpha value is -6.30. The Morgan fingerprint density at radius 1 is 0.356 bits per heavy atom.